The van der Waals surface area contributed by atoms with E-state index in [0.717, 1.165) is 24.8 Å². The van der Waals surface area contributed by atoms with E-state index < -0.39 is 5.92 Å². The Morgan fingerprint density at radius 1 is 1.33 bits per heavy atom. The lowest BCUT2D eigenvalue weighted by Gasteiger charge is -2.17. The van der Waals surface area contributed by atoms with Gasteiger partial charge in [-0.1, -0.05) is 42.0 Å². The fourth-order valence-electron chi connectivity index (χ4n) is 3.33. The van der Waals surface area contributed by atoms with Crippen LogP contribution in [0.25, 0.3) is 0 Å². The largest absolute Gasteiger partial charge is 0.355 e. The highest BCUT2D eigenvalue weighted by molar-refractivity contribution is 6.03. The Morgan fingerprint density at radius 3 is 2.83 bits per heavy atom. The van der Waals surface area contributed by atoms with Gasteiger partial charge >= 0.3 is 0 Å². The maximum atomic E-state index is 12.4. The predicted octanol–water partition coefficient (Wildman–Crippen LogP) is 2.36. The van der Waals surface area contributed by atoms with Crippen LogP contribution < -0.4 is 10.7 Å². The second kappa shape index (κ2) is 7.43. The molecular formula is C19H23N3O2. The average molecular weight is 325 g/mol. The lowest BCUT2D eigenvalue weighted by atomic mass is 9.88. The van der Waals surface area contributed by atoms with Gasteiger partial charge in [-0.05, 0) is 37.7 Å². The monoisotopic (exact) mass is 325 g/mol. The van der Waals surface area contributed by atoms with Gasteiger partial charge in [0.1, 0.15) is 5.92 Å². The standard InChI is InChI=1S/C19H23N3O2/c1-13-7-9-14(10-8-13)11-21-22-19(24)17-16(12-20-18(17)23)15-5-3-2-4-6-15/h2-7,11,14,16-17H,8-10,12H2,1H3,(H,20,23)(H,22,24). The molecule has 0 spiro atoms. The molecule has 3 atom stereocenters. The van der Waals surface area contributed by atoms with Crippen LogP contribution in [0.3, 0.4) is 0 Å². The Hall–Kier alpha value is -2.43. The molecule has 0 saturated carbocycles. The molecule has 1 fully saturated rings. The molecule has 0 radical (unpaired) electrons. The molecule has 1 heterocycles. The minimum absolute atomic E-state index is 0.144. The van der Waals surface area contributed by atoms with Gasteiger partial charge in [-0.3, -0.25) is 9.59 Å². The van der Waals surface area contributed by atoms with Gasteiger partial charge in [-0.2, -0.15) is 5.10 Å². The van der Waals surface area contributed by atoms with Crippen molar-refractivity contribution in [3.05, 3.63) is 47.5 Å². The first-order chi connectivity index (χ1) is 11.6. The first-order valence-corrected chi connectivity index (χ1v) is 8.46. The fourth-order valence-corrected chi connectivity index (χ4v) is 3.33. The van der Waals surface area contributed by atoms with Gasteiger partial charge in [0, 0.05) is 18.7 Å². The number of allylic oxidation sites excluding steroid dienone is 2. The minimum atomic E-state index is -0.724. The number of hydrogen-bond donors (Lipinski definition) is 2. The van der Waals surface area contributed by atoms with Crippen LogP contribution in [0.15, 0.2) is 47.1 Å². The third kappa shape index (κ3) is 3.72. The van der Waals surface area contributed by atoms with Crippen molar-refractivity contribution >= 4 is 18.0 Å². The predicted molar refractivity (Wildman–Crippen MR) is 93.4 cm³/mol. The van der Waals surface area contributed by atoms with Crippen molar-refractivity contribution in [2.24, 2.45) is 16.9 Å². The van der Waals surface area contributed by atoms with Crippen molar-refractivity contribution in [2.75, 3.05) is 6.54 Å². The molecule has 1 saturated heterocycles. The Bertz CT molecular complexity index is 666. The van der Waals surface area contributed by atoms with E-state index in [4.69, 9.17) is 0 Å². The summed E-state index contributed by atoms with van der Waals surface area (Å²) in [5.74, 6) is -1.08. The molecule has 1 aromatic rings. The smallest absolute Gasteiger partial charge is 0.253 e. The molecule has 2 N–H and O–H groups in total. The maximum Gasteiger partial charge on any atom is 0.253 e. The third-order valence-electron chi connectivity index (χ3n) is 4.83. The first-order valence-electron chi connectivity index (χ1n) is 8.46. The topological polar surface area (TPSA) is 70.6 Å². The van der Waals surface area contributed by atoms with Crippen molar-refractivity contribution in [3.63, 3.8) is 0 Å². The Kier molecular flexibility index (Phi) is 5.08. The van der Waals surface area contributed by atoms with E-state index >= 15 is 0 Å². The number of hydrogen-bond acceptors (Lipinski definition) is 3. The molecule has 126 valence electrons. The zero-order valence-electron chi connectivity index (χ0n) is 13.9. The van der Waals surface area contributed by atoms with Crippen LogP contribution in [0.5, 0.6) is 0 Å². The van der Waals surface area contributed by atoms with Crippen molar-refractivity contribution < 1.29 is 9.59 Å². The highest BCUT2D eigenvalue weighted by Gasteiger charge is 2.40. The Balaban J connectivity index is 1.61. The van der Waals surface area contributed by atoms with Gasteiger partial charge in [-0.25, -0.2) is 5.43 Å². The van der Waals surface area contributed by atoms with Crippen LogP contribution in [0, 0.1) is 11.8 Å². The summed E-state index contributed by atoms with van der Waals surface area (Å²) in [4.78, 5) is 24.5. The molecule has 2 amide bonds. The van der Waals surface area contributed by atoms with Crippen molar-refractivity contribution in [2.45, 2.75) is 32.1 Å². The van der Waals surface area contributed by atoms with Crippen molar-refractivity contribution in [1.82, 2.24) is 10.7 Å². The quantitative estimate of drug-likeness (QED) is 0.386. The van der Waals surface area contributed by atoms with Crippen LogP contribution in [0.4, 0.5) is 0 Å². The van der Waals surface area contributed by atoms with Gasteiger partial charge in [0.2, 0.25) is 5.91 Å². The summed E-state index contributed by atoms with van der Waals surface area (Å²) in [5.41, 5.74) is 4.97. The van der Waals surface area contributed by atoms with Gasteiger partial charge in [0.05, 0.1) is 0 Å². The van der Waals surface area contributed by atoms with Gasteiger partial charge < -0.3 is 5.32 Å². The summed E-state index contributed by atoms with van der Waals surface area (Å²) in [6, 6.07) is 9.66. The molecule has 0 bridgehead atoms. The van der Waals surface area contributed by atoms with Gasteiger partial charge in [-0.15, -0.1) is 0 Å². The minimum Gasteiger partial charge on any atom is -0.355 e. The number of benzene rings is 1. The average Bonchev–Trinajstić information content (AvgIpc) is 2.99. The van der Waals surface area contributed by atoms with Crippen molar-refractivity contribution in [1.29, 1.82) is 0 Å². The molecular weight excluding hydrogens is 302 g/mol. The SMILES string of the molecule is CC1=CCC(C=NNC(=O)C2C(=O)NCC2c2ccccc2)CC1. The second-order valence-electron chi connectivity index (χ2n) is 6.58. The normalized spacial score (nSPS) is 27.0. The van der Waals surface area contributed by atoms with Gasteiger partial charge in [0.25, 0.3) is 5.91 Å². The van der Waals surface area contributed by atoms with E-state index in [2.05, 4.69) is 28.8 Å². The van der Waals surface area contributed by atoms with Crippen molar-refractivity contribution in [3.8, 4) is 0 Å². The van der Waals surface area contributed by atoms with E-state index in [-0.39, 0.29) is 17.7 Å². The summed E-state index contributed by atoms with van der Waals surface area (Å²) in [6.07, 6.45) is 7.11. The van der Waals surface area contributed by atoms with Gasteiger partial charge in [0.15, 0.2) is 0 Å². The molecule has 3 unspecified atom stereocenters. The number of carbonyl (C=O) groups is 2. The highest BCUT2D eigenvalue weighted by Crippen LogP contribution is 2.29. The Morgan fingerprint density at radius 2 is 2.12 bits per heavy atom. The molecule has 24 heavy (non-hydrogen) atoms. The highest BCUT2D eigenvalue weighted by atomic mass is 16.2. The summed E-state index contributed by atoms with van der Waals surface area (Å²) >= 11 is 0. The first kappa shape index (κ1) is 16.4. The molecule has 1 aromatic carbocycles. The second-order valence-corrected chi connectivity index (χ2v) is 6.58. The van der Waals surface area contributed by atoms with Crippen LogP contribution in [-0.2, 0) is 9.59 Å². The van der Waals surface area contributed by atoms with E-state index in [1.165, 1.54) is 5.57 Å². The lowest BCUT2D eigenvalue weighted by molar-refractivity contribution is -0.133. The summed E-state index contributed by atoms with van der Waals surface area (Å²) in [6.45, 7) is 2.62. The third-order valence-corrected chi connectivity index (χ3v) is 4.83. The molecule has 3 rings (SSSR count). The maximum absolute atomic E-state index is 12.4. The Labute approximate surface area is 142 Å². The molecule has 0 aromatic heterocycles. The van der Waals surface area contributed by atoms with Crippen LogP contribution in [0.1, 0.15) is 37.7 Å². The molecule has 5 heteroatoms. The lowest BCUT2D eigenvalue weighted by Crippen LogP contribution is -2.35. The molecule has 1 aliphatic carbocycles. The summed E-state index contributed by atoms with van der Waals surface area (Å²) in [5, 5.41) is 6.88. The van der Waals surface area contributed by atoms with Crippen LogP contribution in [-0.4, -0.2) is 24.6 Å². The fraction of sp³-hybridized carbons (Fsp3) is 0.421. The van der Waals surface area contributed by atoms with E-state index in [1.807, 2.05) is 30.3 Å². The zero-order valence-corrected chi connectivity index (χ0v) is 13.9. The zero-order chi connectivity index (χ0) is 16.9. The number of amides is 2. The van der Waals surface area contributed by atoms with E-state index in [0.29, 0.717) is 12.5 Å². The summed E-state index contributed by atoms with van der Waals surface area (Å²) < 4.78 is 0. The van der Waals surface area contributed by atoms with E-state index in [1.54, 1.807) is 6.21 Å². The van der Waals surface area contributed by atoms with Crippen LogP contribution >= 0.6 is 0 Å². The van der Waals surface area contributed by atoms with Crippen LogP contribution in [0.2, 0.25) is 0 Å². The molecule has 1 aliphatic heterocycles. The number of nitrogens with one attached hydrogen (secondary N) is 2. The summed E-state index contributed by atoms with van der Waals surface area (Å²) in [7, 11) is 0. The number of nitrogens with zero attached hydrogens (tertiary/aromatic N) is 1. The molecule has 2 aliphatic rings. The number of hydrazone groups is 1. The number of rotatable bonds is 4. The van der Waals surface area contributed by atoms with E-state index in [9.17, 15) is 9.59 Å². The molecule has 5 nitrogen and oxygen atoms in total. The number of carbonyl (C=O) groups excluding carboxylic acids is 2.